The van der Waals surface area contributed by atoms with Gasteiger partial charge in [-0.2, -0.15) is 0 Å². The van der Waals surface area contributed by atoms with Crippen LogP contribution in [0.15, 0.2) is 112 Å². The molecule has 34 heavy (non-hydrogen) atoms. The molecule has 2 heterocycles. The van der Waals surface area contributed by atoms with Gasteiger partial charge in [-0.1, -0.05) is 88.7 Å². The average molecular weight is 501 g/mol. The summed E-state index contributed by atoms with van der Waals surface area (Å²) >= 11 is 3.65. The molecule has 5 aromatic carbocycles. The van der Waals surface area contributed by atoms with E-state index in [-0.39, 0.29) is 5.56 Å². The lowest BCUT2D eigenvalue weighted by atomic mass is 9.97. The minimum Gasteiger partial charge on any atom is -0.268 e. The first kappa shape index (κ1) is 19.4. The van der Waals surface area contributed by atoms with Crippen LogP contribution in [0.1, 0.15) is 0 Å². The van der Waals surface area contributed by atoms with Crippen molar-refractivity contribution in [2.45, 2.75) is 0 Å². The van der Waals surface area contributed by atoms with Crippen LogP contribution in [0, 0.1) is 0 Å². The normalized spacial score (nSPS) is 11.8. The molecule has 0 aliphatic heterocycles. The fraction of sp³-hybridized carbons (Fsp3) is 0. The van der Waals surface area contributed by atoms with Crippen LogP contribution in [-0.4, -0.2) is 9.38 Å². The van der Waals surface area contributed by atoms with Crippen molar-refractivity contribution in [2.75, 3.05) is 0 Å². The molecule has 7 aromatic rings. The van der Waals surface area contributed by atoms with E-state index in [1.165, 1.54) is 0 Å². The molecule has 0 atom stereocenters. The summed E-state index contributed by atoms with van der Waals surface area (Å²) in [6.07, 6.45) is 0. The first-order valence-corrected chi connectivity index (χ1v) is 11.9. The summed E-state index contributed by atoms with van der Waals surface area (Å²) in [5.41, 5.74) is 6.56. The topological polar surface area (TPSA) is 34.4 Å². The maximum absolute atomic E-state index is 13.9. The Kier molecular flexibility index (Phi) is 4.14. The van der Waals surface area contributed by atoms with Crippen molar-refractivity contribution in [3.05, 3.63) is 118 Å². The Bertz CT molecular complexity index is 1930. The molecule has 160 valence electrons. The van der Waals surface area contributed by atoms with Gasteiger partial charge in [0.25, 0.3) is 5.56 Å². The second kappa shape index (κ2) is 7.24. The number of hydrogen-bond donors (Lipinski definition) is 0. The van der Waals surface area contributed by atoms with Crippen LogP contribution in [0.3, 0.4) is 0 Å². The van der Waals surface area contributed by atoms with Gasteiger partial charge in [-0.3, -0.25) is 9.20 Å². The van der Waals surface area contributed by atoms with E-state index >= 15 is 0 Å². The van der Waals surface area contributed by atoms with Gasteiger partial charge in [0.1, 0.15) is 5.65 Å². The van der Waals surface area contributed by atoms with Gasteiger partial charge < -0.3 is 0 Å². The highest BCUT2D eigenvalue weighted by Gasteiger charge is 2.20. The third-order valence-corrected chi connectivity index (χ3v) is 7.31. The van der Waals surface area contributed by atoms with Crippen molar-refractivity contribution in [2.24, 2.45) is 0 Å². The van der Waals surface area contributed by atoms with E-state index in [1.807, 2.05) is 60.7 Å². The molecule has 3 nitrogen and oxygen atoms in total. The third-order valence-electron chi connectivity index (χ3n) is 6.61. The van der Waals surface area contributed by atoms with E-state index in [0.29, 0.717) is 11.0 Å². The first-order chi connectivity index (χ1) is 16.7. The zero-order valence-corrected chi connectivity index (χ0v) is 19.6. The van der Waals surface area contributed by atoms with Gasteiger partial charge in [0, 0.05) is 26.2 Å². The van der Waals surface area contributed by atoms with Gasteiger partial charge in [0.05, 0.1) is 11.0 Å². The van der Waals surface area contributed by atoms with Crippen LogP contribution < -0.4 is 5.56 Å². The third kappa shape index (κ3) is 2.69. The molecule has 0 saturated heterocycles. The molecule has 0 aliphatic rings. The van der Waals surface area contributed by atoms with Gasteiger partial charge in [-0.15, -0.1) is 0 Å². The Morgan fingerprint density at radius 2 is 1.35 bits per heavy atom. The number of aromatic nitrogens is 2. The summed E-state index contributed by atoms with van der Waals surface area (Å²) in [6.45, 7) is 0. The quantitative estimate of drug-likeness (QED) is 0.243. The fourth-order valence-electron chi connectivity index (χ4n) is 5.05. The van der Waals surface area contributed by atoms with Gasteiger partial charge in [0.15, 0.2) is 0 Å². The number of nitrogens with zero attached hydrogens (tertiary/aromatic N) is 2. The van der Waals surface area contributed by atoms with E-state index in [2.05, 4.69) is 58.4 Å². The van der Waals surface area contributed by atoms with Crippen molar-refractivity contribution < 1.29 is 0 Å². The van der Waals surface area contributed by atoms with Crippen LogP contribution >= 0.6 is 15.9 Å². The monoisotopic (exact) mass is 500 g/mol. The summed E-state index contributed by atoms with van der Waals surface area (Å²) < 4.78 is 2.76. The van der Waals surface area contributed by atoms with Crippen LogP contribution in [0.25, 0.3) is 60.5 Å². The largest absolute Gasteiger partial charge is 0.268 e. The highest BCUT2D eigenvalue weighted by molar-refractivity contribution is 9.10. The lowest BCUT2D eigenvalue weighted by molar-refractivity contribution is 1.19. The molecule has 0 spiro atoms. The van der Waals surface area contributed by atoms with Gasteiger partial charge in [-0.05, 0) is 52.4 Å². The van der Waals surface area contributed by atoms with Crippen molar-refractivity contribution in [1.82, 2.24) is 9.38 Å². The molecule has 0 amide bonds. The average Bonchev–Trinajstić information content (AvgIpc) is 3.28. The highest BCUT2D eigenvalue weighted by atomic mass is 79.9. The van der Waals surface area contributed by atoms with E-state index in [1.54, 1.807) is 4.40 Å². The Morgan fingerprint density at radius 3 is 2.12 bits per heavy atom. The Morgan fingerprint density at radius 1 is 0.647 bits per heavy atom. The van der Waals surface area contributed by atoms with Crippen LogP contribution in [-0.2, 0) is 0 Å². The van der Waals surface area contributed by atoms with Crippen molar-refractivity contribution >= 4 is 54.2 Å². The lowest BCUT2D eigenvalue weighted by Crippen LogP contribution is -2.13. The van der Waals surface area contributed by atoms with E-state index in [0.717, 1.165) is 53.9 Å². The SMILES string of the molecule is O=c1c2cccc3c(Br)ccc(c32)c2nc3c(-c4ccccc4)cc(-c4ccccc4)cc3n12. The molecule has 0 fully saturated rings. The van der Waals surface area contributed by atoms with Gasteiger partial charge >= 0.3 is 0 Å². The minimum absolute atomic E-state index is 0.0436. The highest BCUT2D eigenvalue weighted by Crippen LogP contribution is 2.37. The Hall–Kier alpha value is -4.02. The molecular formula is C30H17BrN2O. The Labute approximate surface area is 203 Å². The van der Waals surface area contributed by atoms with Crippen LogP contribution in [0.2, 0.25) is 0 Å². The number of halogens is 1. The zero-order chi connectivity index (χ0) is 22.8. The number of rotatable bonds is 2. The summed E-state index contributed by atoms with van der Waals surface area (Å²) in [7, 11) is 0. The Balaban J connectivity index is 1.72. The summed E-state index contributed by atoms with van der Waals surface area (Å²) in [6, 6.07) is 34.8. The molecule has 0 saturated carbocycles. The smallest absolute Gasteiger partial charge is 0.264 e. The number of benzene rings is 5. The number of imidazole rings is 1. The van der Waals surface area contributed by atoms with Gasteiger partial charge in [-0.25, -0.2) is 4.98 Å². The van der Waals surface area contributed by atoms with E-state index < -0.39 is 0 Å². The lowest BCUT2D eigenvalue weighted by Gasteiger charge is -2.09. The number of pyridine rings is 1. The standard InChI is InChI=1S/C30H17BrN2O/c31-25-15-14-22-27-21(25)12-7-13-23(27)30(34)33-26-17-20(18-8-3-1-4-9-18)16-24(28(26)32-29(22)33)19-10-5-2-6-11-19/h1-17H. The molecule has 0 N–H and O–H groups in total. The second-order valence-corrected chi connectivity index (χ2v) is 9.38. The van der Waals surface area contributed by atoms with Crippen molar-refractivity contribution in [1.29, 1.82) is 0 Å². The van der Waals surface area contributed by atoms with Crippen molar-refractivity contribution in [3.63, 3.8) is 0 Å². The number of hydrogen-bond acceptors (Lipinski definition) is 2. The summed E-state index contributed by atoms with van der Waals surface area (Å²) in [4.78, 5) is 19.0. The zero-order valence-electron chi connectivity index (χ0n) is 18.0. The molecule has 4 heteroatoms. The van der Waals surface area contributed by atoms with Crippen LogP contribution in [0.4, 0.5) is 0 Å². The molecular weight excluding hydrogens is 484 g/mol. The predicted molar refractivity (Wildman–Crippen MR) is 144 cm³/mol. The second-order valence-electron chi connectivity index (χ2n) is 8.52. The minimum atomic E-state index is -0.0436. The van der Waals surface area contributed by atoms with Crippen molar-refractivity contribution in [3.8, 4) is 22.3 Å². The van der Waals surface area contributed by atoms with E-state index in [4.69, 9.17) is 4.98 Å². The van der Waals surface area contributed by atoms with E-state index in [9.17, 15) is 4.79 Å². The molecule has 0 unspecified atom stereocenters. The fourth-order valence-corrected chi connectivity index (χ4v) is 5.52. The van der Waals surface area contributed by atoms with Crippen LogP contribution in [0.5, 0.6) is 0 Å². The van der Waals surface area contributed by atoms with Gasteiger partial charge in [0.2, 0.25) is 0 Å². The molecule has 0 radical (unpaired) electrons. The molecule has 0 bridgehead atoms. The molecule has 7 rings (SSSR count). The number of fused-ring (bicyclic) bond motifs is 4. The summed E-state index contributed by atoms with van der Waals surface area (Å²) in [5.74, 6) is 0. The molecule has 2 aromatic heterocycles. The summed E-state index contributed by atoms with van der Waals surface area (Å²) in [5, 5.41) is 3.65. The molecule has 0 aliphatic carbocycles. The maximum atomic E-state index is 13.9. The first-order valence-electron chi connectivity index (χ1n) is 11.1. The predicted octanol–water partition coefficient (Wildman–Crippen LogP) is 7.69. The maximum Gasteiger partial charge on any atom is 0.264 e.